The Hall–Kier alpha value is -3.41. The molecule has 1 aliphatic rings. The molecule has 5 heterocycles. The van der Waals surface area contributed by atoms with Crippen molar-refractivity contribution >= 4 is 48.4 Å². The van der Waals surface area contributed by atoms with Gasteiger partial charge in [0.25, 0.3) is 0 Å². The summed E-state index contributed by atoms with van der Waals surface area (Å²) in [6, 6.07) is 8.99. The first-order valence-electron chi connectivity index (χ1n) is 11.1. The molecule has 0 atom stereocenters. The van der Waals surface area contributed by atoms with E-state index in [2.05, 4.69) is 19.9 Å². The van der Waals surface area contributed by atoms with Crippen LogP contribution in [0.5, 0.6) is 0 Å². The number of nitrogens with zero attached hydrogens (tertiary/aromatic N) is 5. The van der Waals surface area contributed by atoms with Crippen molar-refractivity contribution in [1.29, 1.82) is 0 Å². The Kier molecular flexibility index (Phi) is 5.28. The van der Waals surface area contributed by atoms with Crippen LogP contribution in [0, 0.1) is 6.92 Å². The number of hydrogen-bond donors (Lipinski definition) is 1. The largest absolute Gasteiger partial charge is 0.378 e. The van der Waals surface area contributed by atoms with Crippen LogP contribution < -0.4 is 4.90 Å². The molecule has 11 heteroatoms. The molecule has 0 aliphatic carbocycles. The summed E-state index contributed by atoms with van der Waals surface area (Å²) < 4.78 is 30.9. The van der Waals surface area contributed by atoms with Crippen molar-refractivity contribution in [3.8, 4) is 21.8 Å². The molecule has 0 unspecified atom stereocenters. The molecule has 4 aromatic heterocycles. The number of benzene rings is 1. The molecule has 1 N–H and O–H groups in total. The maximum absolute atomic E-state index is 12.2. The number of pyridine rings is 1. The highest BCUT2D eigenvalue weighted by atomic mass is 32.2. The van der Waals surface area contributed by atoms with Gasteiger partial charge in [-0.1, -0.05) is 12.1 Å². The normalized spacial score (nSPS) is 14.7. The molecule has 1 saturated heterocycles. The highest BCUT2D eigenvalue weighted by Crippen LogP contribution is 2.42. The third-order valence-corrected chi connectivity index (χ3v) is 8.55. The van der Waals surface area contributed by atoms with Crippen LogP contribution in [-0.2, 0) is 14.6 Å². The van der Waals surface area contributed by atoms with E-state index in [9.17, 15) is 8.42 Å². The summed E-state index contributed by atoms with van der Waals surface area (Å²) in [5, 5.41) is 0. The standard InChI is InChI=1S/C24H22N6O3S2/c1-14-19-21(34-20(14)15-4-3-5-17(10-15)35(2,31)32)24(30-6-8-33-9-7-30)29-22(28-19)16-11-18-23(25-12-16)27-13-26-18/h3-5,10-13H,6-9H2,1-2H3,(H,25,26,27). The van der Waals surface area contributed by atoms with E-state index < -0.39 is 9.84 Å². The molecule has 1 aliphatic heterocycles. The van der Waals surface area contributed by atoms with Crippen molar-refractivity contribution in [3.63, 3.8) is 0 Å². The van der Waals surface area contributed by atoms with Gasteiger partial charge in [0.1, 0.15) is 5.52 Å². The zero-order chi connectivity index (χ0) is 24.2. The van der Waals surface area contributed by atoms with Gasteiger partial charge in [-0.3, -0.25) is 0 Å². The third-order valence-electron chi connectivity index (χ3n) is 6.11. The van der Waals surface area contributed by atoms with Crippen LogP contribution in [0.15, 0.2) is 47.8 Å². The maximum Gasteiger partial charge on any atom is 0.175 e. The number of rotatable bonds is 4. The van der Waals surface area contributed by atoms with Crippen molar-refractivity contribution in [2.45, 2.75) is 11.8 Å². The number of anilines is 1. The Morgan fingerprint density at radius 2 is 1.91 bits per heavy atom. The van der Waals surface area contributed by atoms with Crippen LogP contribution in [0.25, 0.3) is 43.2 Å². The number of imidazole rings is 1. The van der Waals surface area contributed by atoms with E-state index >= 15 is 0 Å². The average molecular weight is 507 g/mol. The summed E-state index contributed by atoms with van der Waals surface area (Å²) in [7, 11) is -3.32. The second-order valence-corrected chi connectivity index (χ2v) is 11.5. The van der Waals surface area contributed by atoms with Crippen LogP contribution in [-0.4, -0.2) is 65.9 Å². The fraction of sp³-hybridized carbons (Fsp3) is 0.250. The van der Waals surface area contributed by atoms with Crippen LogP contribution in [0.1, 0.15) is 5.56 Å². The Morgan fingerprint density at radius 3 is 2.71 bits per heavy atom. The number of aromatic amines is 1. The van der Waals surface area contributed by atoms with E-state index in [1.165, 1.54) is 6.26 Å². The molecule has 1 fully saturated rings. The lowest BCUT2D eigenvalue weighted by molar-refractivity contribution is 0.122. The summed E-state index contributed by atoms with van der Waals surface area (Å²) in [4.78, 5) is 25.2. The highest BCUT2D eigenvalue weighted by Gasteiger charge is 2.23. The van der Waals surface area contributed by atoms with Gasteiger partial charge in [-0.15, -0.1) is 11.3 Å². The number of aryl methyl sites for hydroxylation is 1. The summed E-state index contributed by atoms with van der Waals surface area (Å²) in [6.45, 7) is 4.76. The zero-order valence-electron chi connectivity index (χ0n) is 19.1. The van der Waals surface area contributed by atoms with Gasteiger partial charge in [0.2, 0.25) is 0 Å². The van der Waals surface area contributed by atoms with Gasteiger partial charge in [0.15, 0.2) is 27.1 Å². The van der Waals surface area contributed by atoms with Gasteiger partial charge in [-0.05, 0) is 36.2 Å². The lowest BCUT2D eigenvalue weighted by Gasteiger charge is -2.28. The topological polar surface area (TPSA) is 114 Å². The van der Waals surface area contributed by atoms with Crippen LogP contribution in [0.3, 0.4) is 0 Å². The predicted octanol–water partition coefficient (Wildman–Crippen LogP) is 3.85. The van der Waals surface area contributed by atoms with E-state index in [0.29, 0.717) is 29.6 Å². The lowest BCUT2D eigenvalue weighted by Crippen LogP contribution is -2.36. The lowest BCUT2D eigenvalue weighted by atomic mass is 10.1. The number of thiophene rings is 1. The second-order valence-electron chi connectivity index (χ2n) is 8.50. The molecule has 9 nitrogen and oxygen atoms in total. The summed E-state index contributed by atoms with van der Waals surface area (Å²) in [5.41, 5.74) is 4.93. The Bertz CT molecular complexity index is 1690. The quantitative estimate of drug-likeness (QED) is 0.391. The summed E-state index contributed by atoms with van der Waals surface area (Å²) in [5.74, 6) is 1.43. The van der Waals surface area contributed by atoms with Crippen molar-refractivity contribution in [2.24, 2.45) is 0 Å². The van der Waals surface area contributed by atoms with Gasteiger partial charge in [0, 0.05) is 36.0 Å². The molecular formula is C24H22N6O3S2. The van der Waals surface area contributed by atoms with Gasteiger partial charge in [-0.25, -0.2) is 28.4 Å². The minimum Gasteiger partial charge on any atom is -0.378 e. The molecule has 0 radical (unpaired) electrons. The summed E-state index contributed by atoms with van der Waals surface area (Å²) in [6.07, 6.45) is 4.59. The predicted molar refractivity (Wildman–Crippen MR) is 137 cm³/mol. The van der Waals surface area contributed by atoms with Crippen molar-refractivity contribution in [1.82, 2.24) is 24.9 Å². The molecule has 0 amide bonds. The summed E-state index contributed by atoms with van der Waals surface area (Å²) >= 11 is 1.59. The molecule has 35 heavy (non-hydrogen) atoms. The van der Waals surface area contributed by atoms with E-state index in [-0.39, 0.29) is 0 Å². The number of H-pyrrole nitrogens is 1. The van der Waals surface area contributed by atoms with Crippen LogP contribution >= 0.6 is 11.3 Å². The SMILES string of the molecule is Cc1c(-c2cccc(S(C)(=O)=O)c2)sc2c(N3CCOCC3)nc(-c3cnc4[nH]cnc4c3)nc12. The molecule has 0 bridgehead atoms. The van der Waals surface area contributed by atoms with E-state index in [1.807, 2.05) is 19.1 Å². The average Bonchev–Trinajstić information content (AvgIpc) is 3.47. The zero-order valence-corrected chi connectivity index (χ0v) is 20.8. The number of morpholine rings is 1. The Morgan fingerprint density at radius 1 is 1.09 bits per heavy atom. The van der Waals surface area contributed by atoms with Crippen molar-refractivity contribution in [2.75, 3.05) is 37.5 Å². The first kappa shape index (κ1) is 22.1. The molecule has 0 saturated carbocycles. The van der Waals surface area contributed by atoms with E-state index in [1.54, 1.807) is 42.1 Å². The number of hydrogen-bond acceptors (Lipinski definition) is 9. The molecule has 6 rings (SSSR count). The van der Waals surface area contributed by atoms with Crippen LogP contribution in [0.4, 0.5) is 5.82 Å². The third kappa shape index (κ3) is 3.95. The van der Waals surface area contributed by atoms with E-state index in [4.69, 9.17) is 14.7 Å². The molecule has 178 valence electrons. The highest BCUT2D eigenvalue weighted by molar-refractivity contribution is 7.90. The first-order chi connectivity index (χ1) is 16.9. The number of sulfone groups is 1. The number of aromatic nitrogens is 5. The molecule has 1 aromatic carbocycles. The monoisotopic (exact) mass is 506 g/mol. The molecule has 0 spiro atoms. The van der Waals surface area contributed by atoms with Gasteiger partial charge >= 0.3 is 0 Å². The molecule has 5 aromatic rings. The fourth-order valence-electron chi connectivity index (χ4n) is 4.28. The van der Waals surface area contributed by atoms with E-state index in [0.717, 1.165) is 56.2 Å². The Balaban J connectivity index is 1.57. The van der Waals surface area contributed by atoms with Gasteiger partial charge in [-0.2, -0.15) is 0 Å². The molecular weight excluding hydrogens is 484 g/mol. The second kappa shape index (κ2) is 8.36. The number of nitrogens with one attached hydrogen (secondary N) is 1. The number of ether oxygens (including phenoxy) is 1. The van der Waals surface area contributed by atoms with Gasteiger partial charge in [0.05, 0.1) is 34.7 Å². The first-order valence-corrected chi connectivity index (χ1v) is 13.8. The Labute approximate surface area is 205 Å². The smallest absolute Gasteiger partial charge is 0.175 e. The van der Waals surface area contributed by atoms with Crippen molar-refractivity contribution < 1.29 is 13.2 Å². The minimum absolute atomic E-state index is 0.297. The maximum atomic E-state index is 12.2. The minimum atomic E-state index is -3.32. The van der Waals surface area contributed by atoms with Gasteiger partial charge < -0.3 is 14.6 Å². The van der Waals surface area contributed by atoms with Crippen LogP contribution in [0.2, 0.25) is 0 Å². The fourth-order valence-corrected chi connectivity index (χ4v) is 6.21. The van der Waals surface area contributed by atoms with Crippen molar-refractivity contribution in [3.05, 3.63) is 48.4 Å². The number of fused-ring (bicyclic) bond motifs is 2.